The summed E-state index contributed by atoms with van der Waals surface area (Å²) in [4.78, 5) is 0. The molecular formula is C31H54O4. The first-order chi connectivity index (χ1) is 18.7. The van der Waals surface area contributed by atoms with Crippen LogP contribution >= 0.6 is 0 Å². The summed E-state index contributed by atoms with van der Waals surface area (Å²) in [5, 5.41) is 32.2. The Kier molecular flexibility index (Phi) is 5.70. The molecule has 9 atom stereocenters. The normalized spacial score (nSPS) is 45.9. The van der Waals surface area contributed by atoms with E-state index in [0.717, 1.165) is 44.1 Å². The molecule has 0 amide bonds. The Morgan fingerprint density at radius 1 is 1.09 bits per heavy atom. The third-order valence-electron chi connectivity index (χ3n) is 10.9. The van der Waals surface area contributed by atoms with E-state index in [1.54, 1.807) is 0 Å². The summed E-state index contributed by atoms with van der Waals surface area (Å²) in [6.07, 6.45) is 10.5. The minimum Gasteiger partial charge on any atom is -0.390 e. The van der Waals surface area contributed by atoms with Gasteiger partial charge in [0.25, 0.3) is 0 Å². The van der Waals surface area contributed by atoms with Gasteiger partial charge in [0.15, 0.2) is 0 Å². The van der Waals surface area contributed by atoms with Crippen molar-refractivity contribution in [2.75, 3.05) is 6.61 Å². The molecule has 35 heavy (non-hydrogen) atoms. The first-order valence-electron chi connectivity index (χ1n) is 17.1. The van der Waals surface area contributed by atoms with Crippen molar-refractivity contribution >= 4 is 0 Å². The van der Waals surface area contributed by atoms with Gasteiger partial charge in [0.2, 0.25) is 0 Å². The highest BCUT2D eigenvalue weighted by Crippen LogP contribution is 2.67. The zero-order valence-corrected chi connectivity index (χ0v) is 22.6. The fourth-order valence-electron chi connectivity index (χ4n) is 9.14. The summed E-state index contributed by atoms with van der Waals surface area (Å²) in [5.74, 6) is 3.00. The first kappa shape index (κ1) is 20.5. The van der Waals surface area contributed by atoms with E-state index in [0.29, 0.717) is 41.4 Å². The largest absolute Gasteiger partial charge is 0.390 e. The molecule has 0 unspecified atom stereocenters. The molecular weight excluding hydrogens is 436 g/mol. The second-order valence-electron chi connectivity index (χ2n) is 13.8. The van der Waals surface area contributed by atoms with Crippen LogP contribution in [0.5, 0.6) is 0 Å². The summed E-state index contributed by atoms with van der Waals surface area (Å²) in [6.45, 7) is 3.81. The molecule has 202 valence electrons. The second kappa shape index (κ2) is 9.71. The molecule has 4 rings (SSSR count). The standard InChI is InChI=1S/C31H54O4/c1-20(9-8-16-28(2,3)33)22-12-13-23-21-10-11-25-27(32)26(35-19-29(4,5)34)15-18-31(25,7)24(21)14-17-30(22,23)6/h11,20-24,26-27,32-34H,8-10,12-19H2,1-7H3/t20-,21+,22-,23+,24+,26+,27-,30-,31-/m1/s1/i4D3,5D3. The minimum absolute atomic E-state index is 0.176. The molecule has 0 radical (unpaired) electrons. The van der Waals surface area contributed by atoms with Crippen molar-refractivity contribution in [3.8, 4) is 0 Å². The van der Waals surface area contributed by atoms with Gasteiger partial charge in [0, 0.05) is 8.22 Å². The van der Waals surface area contributed by atoms with Gasteiger partial charge in [0.05, 0.1) is 23.9 Å². The number of fused-ring (bicyclic) bond motifs is 5. The highest BCUT2D eigenvalue weighted by atomic mass is 16.5. The van der Waals surface area contributed by atoms with E-state index in [4.69, 9.17) is 13.0 Å². The van der Waals surface area contributed by atoms with Crippen LogP contribution in [0, 0.1) is 40.4 Å². The van der Waals surface area contributed by atoms with Gasteiger partial charge < -0.3 is 20.1 Å². The molecule has 4 heteroatoms. The van der Waals surface area contributed by atoms with E-state index >= 15 is 0 Å². The molecule has 0 saturated heterocycles. The molecule has 4 nitrogen and oxygen atoms in total. The molecule has 0 aromatic heterocycles. The van der Waals surface area contributed by atoms with Gasteiger partial charge in [-0.1, -0.05) is 39.7 Å². The molecule has 3 N–H and O–H groups in total. The Labute approximate surface area is 223 Å². The highest BCUT2D eigenvalue weighted by molar-refractivity contribution is 5.29. The lowest BCUT2D eigenvalue weighted by Crippen LogP contribution is -2.54. The van der Waals surface area contributed by atoms with Crippen molar-refractivity contribution in [1.82, 2.24) is 0 Å². The van der Waals surface area contributed by atoms with E-state index < -0.39 is 43.7 Å². The van der Waals surface area contributed by atoms with Crippen molar-refractivity contribution in [3.05, 3.63) is 11.6 Å². The molecule has 4 aliphatic rings. The molecule has 0 aliphatic heterocycles. The van der Waals surface area contributed by atoms with Gasteiger partial charge in [-0.2, -0.15) is 0 Å². The predicted molar refractivity (Wildman–Crippen MR) is 142 cm³/mol. The van der Waals surface area contributed by atoms with Gasteiger partial charge in [0.1, 0.15) is 6.10 Å². The number of aliphatic hydroxyl groups excluding tert-OH is 1. The zero-order valence-electron chi connectivity index (χ0n) is 28.6. The first-order valence-corrected chi connectivity index (χ1v) is 14.1. The van der Waals surface area contributed by atoms with Gasteiger partial charge in [-0.3, -0.25) is 0 Å². The lowest BCUT2D eigenvalue weighted by atomic mass is 9.46. The van der Waals surface area contributed by atoms with Crippen molar-refractivity contribution in [2.45, 2.75) is 136 Å². The molecule has 0 heterocycles. The van der Waals surface area contributed by atoms with E-state index in [1.165, 1.54) is 19.3 Å². The van der Waals surface area contributed by atoms with Crippen LogP contribution < -0.4 is 0 Å². The molecule has 0 aromatic rings. The van der Waals surface area contributed by atoms with Crippen LogP contribution in [0.4, 0.5) is 0 Å². The molecule has 3 saturated carbocycles. The van der Waals surface area contributed by atoms with Gasteiger partial charge in [-0.05, 0) is 125 Å². The maximum Gasteiger partial charge on any atom is 0.102 e. The zero-order chi connectivity index (χ0) is 30.8. The van der Waals surface area contributed by atoms with Crippen molar-refractivity contribution in [1.29, 1.82) is 0 Å². The van der Waals surface area contributed by atoms with Gasteiger partial charge in [-0.15, -0.1) is 0 Å². The lowest BCUT2D eigenvalue weighted by Gasteiger charge is -2.59. The van der Waals surface area contributed by atoms with E-state index in [1.807, 2.05) is 13.8 Å². The summed E-state index contributed by atoms with van der Waals surface area (Å²) in [5.41, 5.74) is -2.53. The number of aliphatic hydroxyl groups is 3. The monoisotopic (exact) mass is 496 g/mol. The number of rotatable bonds is 8. The fraction of sp³-hybridized carbons (Fsp3) is 0.935. The number of allylic oxidation sites excluding steroid dienone is 1. The quantitative estimate of drug-likeness (QED) is 0.346. The molecule has 4 aliphatic carbocycles. The van der Waals surface area contributed by atoms with Crippen LogP contribution in [0.25, 0.3) is 0 Å². The maximum atomic E-state index is 11.4. The molecule has 0 aromatic carbocycles. The minimum atomic E-state index is -3.15. The Morgan fingerprint density at radius 2 is 1.83 bits per heavy atom. The second-order valence-corrected chi connectivity index (χ2v) is 13.8. The molecule has 0 bridgehead atoms. The number of ether oxygens (including phenoxy) is 1. The summed E-state index contributed by atoms with van der Waals surface area (Å²) in [6, 6.07) is 0. The average Bonchev–Trinajstić information content (AvgIpc) is 3.18. The van der Waals surface area contributed by atoms with Gasteiger partial charge in [-0.25, -0.2) is 0 Å². The Hall–Kier alpha value is -0.420. The van der Waals surface area contributed by atoms with Gasteiger partial charge >= 0.3 is 0 Å². The van der Waals surface area contributed by atoms with Crippen LogP contribution in [-0.4, -0.2) is 45.3 Å². The summed E-state index contributed by atoms with van der Waals surface area (Å²) in [7, 11) is 0. The van der Waals surface area contributed by atoms with E-state index in [2.05, 4.69) is 26.8 Å². The fourth-order valence-corrected chi connectivity index (χ4v) is 9.14. The highest BCUT2D eigenvalue weighted by Gasteiger charge is 2.60. The lowest BCUT2D eigenvalue weighted by molar-refractivity contribution is -0.120. The Morgan fingerprint density at radius 3 is 2.51 bits per heavy atom. The average molecular weight is 497 g/mol. The van der Waals surface area contributed by atoms with Crippen LogP contribution in [0.1, 0.15) is 121 Å². The van der Waals surface area contributed by atoms with Crippen LogP contribution in [0.15, 0.2) is 11.6 Å². The Bertz CT molecular complexity index is 957. The smallest absolute Gasteiger partial charge is 0.102 e. The maximum absolute atomic E-state index is 11.4. The van der Waals surface area contributed by atoms with E-state index in [9.17, 15) is 15.3 Å². The van der Waals surface area contributed by atoms with Crippen molar-refractivity contribution in [2.24, 2.45) is 40.4 Å². The topological polar surface area (TPSA) is 69.9 Å². The summed E-state index contributed by atoms with van der Waals surface area (Å²) >= 11 is 0. The van der Waals surface area contributed by atoms with Crippen molar-refractivity contribution < 1.29 is 28.3 Å². The Balaban J connectivity index is 1.46. The molecule has 3 fully saturated rings. The van der Waals surface area contributed by atoms with Crippen LogP contribution in [0.2, 0.25) is 0 Å². The summed E-state index contributed by atoms with van der Waals surface area (Å²) < 4.78 is 51.5. The number of hydrogen-bond donors (Lipinski definition) is 3. The third kappa shape index (κ3) is 5.42. The number of hydrogen-bond acceptors (Lipinski definition) is 4. The van der Waals surface area contributed by atoms with Crippen molar-refractivity contribution in [3.63, 3.8) is 0 Å². The van der Waals surface area contributed by atoms with Crippen LogP contribution in [0.3, 0.4) is 0 Å². The van der Waals surface area contributed by atoms with Crippen LogP contribution in [-0.2, 0) is 4.74 Å². The third-order valence-corrected chi connectivity index (χ3v) is 10.9. The van der Waals surface area contributed by atoms with E-state index in [-0.39, 0.29) is 5.41 Å². The SMILES string of the molecule is [2H]C([2H])([2H])C(O)(CO[C@H]1CC[C@@]2(C)C(=CC[C@H]3[C@@H]4CC[C@H]([C@H](C)CCCC(C)(C)O)[C@@]4(C)CC[C@@H]32)[C@H]1O)C([2H])([2H])[2H]. The molecule has 0 spiro atoms. The predicted octanol–water partition coefficient (Wildman–Crippen LogP) is 6.27.